The molecule has 5 unspecified atom stereocenters. The minimum absolute atomic E-state index is 0.126. The maximum Gasteiger partial charge on any atom is 0.238 e. The molecule has 4 aliphatic rings. The number of halogens is 1. The zero-order valence-corrected chi connectivity index (χ0v) is 17.5. The molecule has 2 N–H and O–H groups in total. The van der Waals surface area contributed by atoms with E-state index in [4.69, 9.17) is 0 Å². The number of carbonyl (C=O) groups excluding carboxylic acids is 1. The summed E-state index contributed by atoms with van der Waals surface area (Å²) in [6, 6.07) is 7.44. The fraction of sp³-hybridized carbons (Fsp3) is 0.652. The molecule has 1 aliphatic carbocycles. The van der Waals surface area contributed by atoms with Gasteiger partial charge in [0.15, 0.2) is 0 Å². The first-order chi connectivity index (χ1) is 14.5. The highest BCUT2D eigenvalue weighted by atomic mass is 19.1. The second-order valence-electron chi connectivity index (χ2n) is 9.62. The first-order valence-corrected chi connectivity index (χ1v) is 11.2. The molecule has 3 saturated heterocycles. The zero-order chi connectivity index (χ0) is 20.8. The first-order valence-electron chi connectivity index (χ1n) is 11.2. The Bertz CT molecular complexity index is 870. The predicted octanol–water partition coefficient (Wildman–Crippen LogP) is 1.66. The summed E-state index contributed by atoms with van der Waals surface area (Å²) in [5.41, 5.74) is 1.40. The zero-order valence-electron chi connectivity index (χ0n) is 17.5. The fourth-order valence-electron chi connectivity index (χ4n) is 6.13. The molecule has 160 valence electrons. The first kappa shape index (κ1) is 19.8. The largest absolute Gasteiger partial charge is 0.367 e. The van der Waals surface area contributed by atoms with Crippen LogP contribution in [0.4, 0.5) is 10.1 Å². The van der Waals surface area contributed by atoms with E-state index in [-0.39, 0.29) is 24.2 Å². The van der Waals surface area contributed by atoms with Gasteiger partial charge in [-0.05, 0) is 62.3 Å². The number of nitrogens with zero attached hydrogens (tertiary/aromatic N) is 3. The molecule has 1 aromatic rings. The third-order valence-corrected chi connectivity index (χ3v) is 7.64. The Balaban J connectivity index is 1.23. The van der Waals surface area contributed by atoms with E-state index in [2.05, 4.69) is 33.6 Å². The number of likely N-dealkylation sites (N-methyl/N-ethyl adjacent to an activating group) is 1. The molecule has 0 spiro atoms. The highest BCUT2D eigenvalue weighted by molar-refractivity contribution is 5.83. The van der Waals surface area contributed by atoms with Gasteiger partial charge < -0.3 is 20.4 Å². The van der Waals surface area contributed by atoms with Gasteiger partial charge in [-0.2, -0.15) is 5.26 Å². The Morgan fingerprint density at radius 3 is 2.90 bits per heavy atom. The molecule has 3 aliphatic heterocycles. The van der Waals surface area contributed by atoms with Crippen molar-refractivity contribution in [3.05, 3.63) is 29.6 Å². The van der Waals surface area contributed by atoms with Crippen molar-refractivity contribution in [1.82, 2.24) is 15.5 Å². The van der Waals surface area contributed by atoms with Crippen molar-refractivity contribution in [3.63, 3.8) is 0 Å². The third-order valence-electron chi connectivity index (χ3n) is 7.64. The normalized spacial score (nSPS) is 33.5. The van der Waals surface area contributed by atoms with Gasteiger partial charge >= 0.3 is 0 Å². The van der Waals surface area contributed by atoms with Crippen LogP contribution in [0.2, 0.25) is 0 Å². The van der Waals surface area contributed by atoms with Crippen molar-refractivity contribution in [2.24, 2.45) is 11.8 Å². The van der Waals surface area contributed by atoms with Gasteiger partial charge in [0.05, 0.1) is 12.1 Å². The number of nitriles is 1. The number of likely N-dealkylation sites (tertiary alicyclic amines) is 1. The van der Waals surface area contributed by atoms with Gasteiger partial charge in [-0.3, -0.25) is 4.79 Å². The van der Waals surface area contributed by atoms with Gasteiger partial charge in [-0.1, -0.05) is 6.07 Å². The molecule has 0 aromatic heterocycles. The van der Waals surface area contributed by atoms with Crippen molar-refractivity contribution in [1.29, 1.82) is 5.26 Å². The van der Waals surface area contributed by atoms with E-state index < -0.39 is 6.04 Å². The molecule has 30 heavy (non-hydrogen) atoms. The summed E-state index contributed by atoms with van der Waals surface area (Å²) >= 11 is 0. The second-order valence-corrected chi connectivity index (χ2v) is 9.62. The predicted molar refractivity (Wildman–Crippen MR) is 112 cm³/mol. The van der Waals surface area contributed by atoms with Gasteiger partial charge in [-0.15, -0.1) is 0 Å². The maximum atomic E-state index is 14.9. The molecule has 4 fully saturated rings. The molecule has 6 nitrogen and oxygen atoms in total. The topological polar surface area (TPSA) is 71.4 Å². The van der Waals surface area contributed by atoms with Crippen LogP contribution in [0.15, 0.2) is 18.2 Å². The van der Waals surface area contributed by atoms with Gasteiger partial charge in [0, 0.05) is 43.8 Å². The summed E-state index contributed by atoms with van der Waals surface area (Å²) in [5.74, 6) is 0.605. The number of hydrogen-bond acceptors (Lipinski definition) is 5. The quantitative estimate of drug-likeness (QED) is 0.771. The molecule has 7 heteroatoms. The Morgan fingerprint density at radius 2 is 2.20 bits per heavy atom. The van der Waals surface area contributed by atoms with Crippen LogP contribution in [-0.2, 0) is 11.2 Å². The number of hydrogen-bond donors (Lipinski definition) is 2. The average molecular weight is 412 g/mol. The molecule has 2 bridgehead atoms. The maximum absolute atomic E-state index is 14.9. The van der Waals surface area contributed by atoms with E-state index in [1.807, 2.05) is 6.07 Å². The Kier molecular flexibility index (Phi) is 5.16. The minimum atomic E-state index is -0.724. The monoisotopic (exact) mass is 411 g/mol. The van der Waals surface area contributed by atoms with Gasteiger partial charge in [-0.25, -0.2) is 4.39 Å². The highest BCUT2D eigenvalue weighted by Crippen LogP contribution is 2.36. The van der Waals surface area contributed by atoms with E-state index in [1.165, 1.54) is 0 Å². The SMILES string of the molecule is CN1CC2CCN(c3ccc(C[C@@H](C#N)NC(=O)C4NC5CCC4C5)c(F)c3)C2C1. The number of piperidine rings is 1. The molecule has 3 heterocycles. The smallest absolute Gasteiger partial charge is 0.238 e. The summed E-state index contributed by atoms with van der Waals surface area (Å²) in [6.45, 7) is 3.10. The summed E-state index contributed by atoms with van der Waals surface area (Å²) in [7, 11) is 2.14. The molecule has 6 atom stereocenters. The highest BCUT2D eigenvalue weighted by Gasteiger charge is 2.43. The van der Waals surface area contributed by atoms with E-state index in [1.54, 1.807) is 12.1 Å². The summed E-state index contributed by atoms with van der Waals surface area (Å²) in [4.78, 5) is 17.3. The van der Waals surface area contributed by atoms with E-state index in [0.717, 1.165) is 51.0 Å². The second kappa shape index (κ2) is 7.82. The van der Waals surface area contributed by atoms with Crippen molar-refractivity contribution >= 4 is 11.6 Å². The van der Waals surface area contributed by atoms with Crippen molar-refractivity contribution in [2.45, 2.75) is 56.3 Å². The third kappa shape index (κ3) is 3.57. The number of fused-ring (bicyclic) bond motifs is 3. The van der Waals surface area contributed by atoms with Gasteiger partial charge in [0.25, 0.3) is 0 Å². The van der Waals surface area contributed by atoms with Crippen LogP contribution < -0.4 is 15.5 Å². The number of anilines is 1. The summed E-state index contributed by atoms with van der Waals surface area (Å²) in [6.07, 6.45) is 4.57. The Morgan fingerprint density at radius 1 is 1.33 bits per heavy atom. The number of amides is 1. The van der Waals surface area contributed by atoms with Crippen LogP contribution in [0.5, 0.6) is 0 Å². The summed E-state index contributed by atoms with van der Waals surface area (Å²) in [5, 5.41) is 15.7. The van der Waals surface area contributed by atoms with Crippen LogP contribution in [0.3, 0.4) is 0 Å². The molecule has 5 rings (SSSR count). The Hall–Kier alpha value is -2.17. The van der Waals surface area contributed by atoms with Crippen LogP contribution >= 0.6 is 0 Å². The lowest BCUT2D eigenvalue weighted by Crippen LogP contribution is -2.50. The fourth-order valence-corrected chi connectivity index (χ4v) is 6.13. The summed E-state index contributed by atoms with van der Waals surface area (Å²) < 4.78 is 14.9. The lowest BCUT2D eigenvalue weighted by molar-refractivity contribution is -0.124. The van der Waals surface area contributed by atoms with E-state index in [9.17, 15) is 14.4 Å². The molecule has 1 amide bonds. The van der Waals surface area contributed by atoms with Crippen molar-refractivity contribution < 1.29 is 9.18 Å². The number of benzene rings is 1. The van der Waals surface area contributed by atoms with Gasteiger partial charge in [0.2, 0.25) is 5.91 Å². The minimum Gasteiger partial charge on any atom is -0.367 e. The van der Waals surface area contributed by atoms with Crippen LogP contribution in [0.1, 0.15) is 31.2 Å². The number of carbonyl (C=O) groups is 1. The average Bonchev–Trinajstić information content (AvgIpc) is 3.49. The van der Waals surface area contributed by atoms with Gasteiger partial charge in [0.1, 0.15) is 11.9 Å². The van der Waals surface area contributed by atoms with E-state index in [0.29, 0.717) is 29.5 Å². The lowest BCUT2D eigenvalue weighted by atomic mass is 9.98. The molecular weight excluding hydrogens is 381 g/mol. The molecular formula is C23H30FN5O. The molecule has 0 radical (unpaired) electrons. The number of nitrogens with one attached hydrogen (secondary N) is 2. The molecule has 1 saturated carbocycles. The van der Waals surface area contributed by atoms with Crippen molar-refractivity contribution in [2.75, 3.05) is 31.6 Å². The van der Waals surface area contributed by atoms with E-state index >= 15 is 0 Å². The number of rotatable bonds is 5. The molecule has 1 aromatic carbocycles. The van der Waals surface area contributed by atoms with Crippen molar-refractivity contribution in [3.8, 4) is 6.07 Å². The lowest BCUT2D eigenvalue weighted by Gasteiger charge is -2.27. The standard InChI is InChI=1S/C23H30FN5O/c1-28-12-16-6-7-29(21(16)13-28)19-5-3-14(20(24)10-19)8-18(11-25)27-23(30)22-15-2-4-17(9-15)26-22/h3,5,10,15-18,21-22,26H,2,4,6-9,12-13H2,1H3,(H,27,30)/t15?,16?,17?,18-,21?,22?/m0/s1. The Labute approximate surface area is 177 Å². The van der Waals surface area contributed by atoms with Crippen LogP contribution in [0.25, 0.3) is 0 Å². The van der Waals surface area contributed by atoms with Crippen LogP contribution in [0, 0.1) is 29.0 Å². The van der Waals surface area contributed by atoms with Crippen LogP contribution in [-0.4, -0.2) is 61.7 Å².